The Labute approximate surface area is 163 Å². The summed E-state index contributed by atoms with van der Waals surface area (Å²) in [6, 6.07) is 3.15. The normalized spacial score (nSPS) is 24.8. The zero-order chi connectivity index (χ0) is 20.3. The summed E-state index contributed by atoms with van der Waals surface area (Å²) >= 11 is 0. The first-order valence-electron chi connectivity index (χ1n) is 9.59. The molecule has 28 heavy (non-hydrogen) atoms. The molecule has 0 amide bonds. The Morgan fingerprint density at radius 1 is 1.21 bits per heavy atom. The number of alkyl halides is 2. The molecule has 1 saturated heterocycles. The highest BCUT2D eigenvalue weighted by Gasteiger charge is 2.45. The van der Waals surface area contributed by atoms with Crippen molar-refractivity contribution in [1.29, 1.82) is 0 Å². The summed E-state index contributed by atoms with van der Waals surface area (Å²) in [5, 5.41) is 9.69. The van der Waals surface area contributed by atoms with Crippen LogP contribution in [0.5, 0.6) is 17.2 Å². The monoisotopic (exact) mass is 399 g/mol. The molecular formula is C20H27F2NO5. The third-order valence-corrected chi connectivity index (χ3v) is 5.75. The van der Waals surface area contributed by atoms with Gasteiger partial charge in [0.15, 0.2) is 11.5 Å². The first kappa shape index (κ1) is 20.6. The molecule has 1 heterocycles. The van der Waals surface area contributed by atoms with E-state index in [-0.39, 0.29) is 11.8 Å². The van der Waals surface area contributed by atoms with E-state index in [0.717, 1.165) is 31.2 Å². The van der Waals surface area contributed by atoms with Gasteiger partial charge in [-0.15, -0.1) is 0 Å². The Morgan fingerprint density at radius 2 is 1.86 bits per heavy atom. The molecular weight excluding hydrogens is 372 g/mol. The summed E-state index contributed by atoms with van der Waals surface area (Å²) in [7, 11) is 2.86. The Balaban J connectivity index is 1.87. The minimum absolute atomic E-state index is 0.126. The molecule has 0 bridgehead atoms. The summed E-state index contributed by atoms with van der Waals surface area (Å²) in [5.41, 5.74) is 0.801. The topological polar surface area (TPSA) is 68.2 Å². The summed E-state index contributed by atoms with van der Waals surface area (Å²) in [6.45, 7) is -0.330. The zero-order valence-electron chi connectivity index (χ0n) is 16.2. The fourth-order valence-electron chi connectivity index (χ4n) is 4.55. The lowest BCUT2D eigenvalue weighted by molar-refractivity contribution is -0.142. The number of likely N-dealkylation sites (tertiary alicyclic amines) is 1. The molecule has 8 heteroatoms. The molecule has 1 aromatic carbocycles. The van der Waals surface area contributed by atoms with E-state index in [1.807, 2.05) is 0 Å². The van der Waals surface area contributed by atoms with Gasteiger partial charge in [0.05, 0.1) is 14.2 Å². The molecule has 1 aliphatic carbocycles. The lowest BCUT2D eigenvalue weighted by Gasteiger charge is -2.33. The molecule has 1 aromatic rings. The minimum Gasteiger partial charge on any atom is -0.493 e. The van der Waals surface area contributed by atoms with E-state index in [1.54, 1.807) is 12.1 Å². The van der Waals surface area contributed by atoms with Crippen molar-refractivity contribution in [1.82, 2.24) is 4.90 Å². The Kier molecular flexibility index (Phi) is 6.59. The van der Waals surface area contributed by atoms with Gasteiger partial charge in [-0.1, -0.05) is 12.8 Å². The van der Waals surface area contributed by atoms with Crippen LogP contribution in [-0.2, 0) is 11.3 Å². The van der Waals surface area contributed by atoms with Gasteiger partial charge in [-0.05, 0) is 42.9 Å². The van der Waals surface area contributed by atoms with Crippen LogP contribution >= 0.6 is 0 Å². The predicted molar refractivity (Wildman–Crippen MR) is 98.4 cm³/mol. The van der Waals surface area contributed by atoms with Crippen LogP contribution in [0.2, 0.25) is 0 Å². The van der Waals surface area contributed by atoms with E-state index in [9.17, 15) is 18.7 Å². The molecule has 3 atom stereocenters. The van der Waals surface area contributed by atoms with E-state index < -0.39 is 25.0 Å². The van der Waals surface area contributed by atoms with Crippen molar-refractivity contribution in [2.24, 2.45) is 5.92 Å². The van der Waals surface area contributed by atoms with Gasteiger partial charge in [0.1, 0.15) is 12.6 Å². The molecule has 1 saturated carbocycles. The maximum atomic E-state index is 12.5. The number of carboxylic acid groups (broad SMARTS) is 1. The molecule has 0 spiro atoms. The third-order valence-electron chi connectivity index (χ3n) is 5.75. The van der Waals surface area contributed by atoms with E-state index >= 15 is 0 Å². The number of nitrogens with zero attached hydrogens (tertiary/aromatic N) is 1. The van der Waals surface area contributed by atoms with Crippen LogP contribution < -0.4 is 14.2 Å². The van der Waals surface area contributed by atoms with Crippen molar-refractivity contribution < 1.29 is 32.9 Å². The van der Waals surface area contributed by atoms with Crippen LogP contribution in [0.1, 0.15) is 37.7 Å². The molecule has 1 aliphatic heterocycles. The van der Waals surface area contributed by atoms with Gasteiger partial charge in [0.25, 0.3) is 6.43 Å². The van der Waals surface area contributed by atoms with Crippen molar-refractivity contribution in [3.63, 3.8) is 0 Å². The number of rotatable bonds is 8. The standard InChI is InChI=1S/C20H27F2NO5/c1-26-16-7-12(8-17(27-2)19(16)28-11-18(21)22)10-23-14-6-4-3-5-13(14)9-15(23)20(24)25/h7-8,13-15,18H,3-6,9-11H2,1-2H3,(H,24,25). The number of methoxy groups -OCH3 is 2. The highest BCUT2D eigenvalue weighted by atomic mass is 19.3. The van der Waals surface area contributed by atoms with Gasteiger partial charge in [-0.25, -0.2) is 8.78 Å². The predicted octanol–water partition coefficient (Wildman–Crippen LogP) is 3.57. The number of aliphatic carboxylic acids is 1. The zero-order valence-corrected chi connectivity index (χ0v) is 16.2. The van der Waals surface area contributed by atoms with Crippen molar-refractivity contribution >= 4 is 5.97 Å². The lowest BCUT2D eigenvalue weighted by atomic mass is 9.84. The number of hydrogen-bond acceptors (Lipinski definition) is 5. The molecule has 0 radical (unpaired) electrons. The van der Waals surface area contributed by atoms with E-state index in [4.69, 9.17) is 14.2 Å². The van der Waals surface area contributed by atoms with Crippen LogP contribution in [0.15, 0.2) is 12.1 Å². The van der Waals surface area contributed by atoms with Crippen molar-refractivity contribution in [3.05, 3.63) is 17.7 Å². The number of fused-ring (bicyclic) bond motifs is 1. The van der Waals surface area contributed by atoms with Gasteiger partial charge in [-0.2, -0.15) is 0 Å². The second-order valence-electron chi connectivity index (χ2n) is 7.41. The van der Waals surface area contributed by atoms with E-state index in [2.05, 4.69) is 4.90 Å². The number of benzene rings is 1. The maximum absolute atomic E-state index is 12.5. The molecule has 156 valence electrons. The molecule has 1 N–H and O–H groups in total. The summed E-state index contributed by atoms with van der Waals surface area (Å²) < 4.78 is 40.9. The van der Waals surface area contributed by atoms with Gasteiger partial charge < -0.3 is 19.3 Å². The fourth-order valence-corrected chi connectivity index (χ4v) is 4.55. The number of ether oxygens (including phenoxy) is 3. The molecule has 6 nitrogen and oxygen atoms in total. The van der Waals surface area contributed by atoms with Crippen molar-refractivity contribution in [2.45, 2.75) is 57.2 Å². The summed E-state index contributed by atoms with van der Waals surface area (Å²) in [6.07, 6.45) is 2.38. The van der Waals surface area contributed by atoms with Crippen LogP contribution in [0.3, 0.4) is 0 Å². The quantitative estimate of drug-likeness (QED) is 0.721. The van der Waals surface area contributed by atoms with Crippen LogP contribution in [-0.4, -0.2) is 55.3 Å². The lowest BCUT2D eigenvalue weighted by Crippen LogP contribution is -2.41. The number of hydrogen-bond donors (Lipinski definition) is 1. The molecule has 3 rings (SSSR count). The first-order valence-corrected chi connectivity index (χ1v) is 9.59. The SMILES string of the molecule is COc1cc(CN2C(C(=O)O)CC3CCCCC32)cc(OC)c1OCC(F)F. The van der Waals surface area contributed by atoms with Crippen LogP contribution in [0, 0.1) is 5.92 Å². The van der Waals surface area contributed by atoms with Gasteiger partial charge in [0, 0.05) is 12.6 Å². The average molecular weight is 399 g/mol. The Morgan fingerprint density at radius 3 is 2.43 bits per heavy atom. The number of halogens is 2. The van der Waals surface area contributed by atoms with E-state index in [1.165, 1.54) is 14.2 Å². The van der Waals surface area contributed by atoms with Gasteiger partial charge in [-0.3, -0.25) is 9.69 Å². The third kappa shape index (κ3) is 4.32. The van der Waals surface area contributed by atoms with Crippen LogP contribution in [0.25, 0.3) is 0 Å². The summed E-state index contributed by atoms with van der Waals surface area (Å²) in [4.78, 5) is 13.9. The Bertz CT molecular complexity index is 674. The second kappa shape index (κ2) is 8.94. The molecule has 0 aromatic heterocycles. The van der Waals surface area contributed by atoms with Gasteiger partial charge in [0.2, 0.25) is 5.75 Å². The highest BCUT2D eigenvalue weighted by Crippen LogP contribution is 2.43. The Hall–Kier alpha value is -2.09. The fraction of sp³-hybridized carbons (Fsp3) is 0.650. The molecule has 3 unspecified atom stereocenters. The average Bonchev–Trinajstić information content (AvgIpc) is 3.05. The van der Waals surface area contributed by atoms with E-state index in [0.29, 0.717) is 30.4 Å². The number of carboxylic acids is 1. The second-order valence-corrected chi connectivity index (χ2v) is 7.41. The largest absolute Gasteiger partial charge is 0.493 e. The van der Waals surface area contributed by atoms with Crippen molar-refractivity contribution in [3.8, 4) is 17.2 Å². The molecule has 2 aliphatic rings. The number of carbonyl (C=O) groups is 1. The first-order chi connectivity index (χ1) is 13.4. The minimum atomic E-state index is -2.61. The maximum Gasteiger partial charge on any atom is 0.320 e. The smallest absolute Gasteiger partial charge is 0.320 e. The summed E-state index contributed by atoms with van der Waals surface area (Å²) in [5.74, 6) is 0.320. The van der Waals surface area contributed by atoms with Crippen LogP contribution in [0.4, 0.5) is 8.78 Å². The van der Waals surface area contributed by atoms with Crippen molar-refractivity contribution in [2.75, 3.05) is 20.8 Å². The van der Waals surface area contributed by atoms with Gasteiger partial charge >= 0.3 is 5.97 Å². The highest BCUT2D eigenvalue weighted by molar-refractivity contribution is 5.74. The molecule has 2 fully saturated rings.